The molecular weight excluding hydrogens is 416 g/mol. The molecule has 1 aromatic carbocycles. The zero-order valence-electron chi connectivity index (χ0n) is 17.7. The fourth-order valence-electron chi connectivity index (χ4n) is 4.05. The summed E-state index contributed by atoms with van der Waals surface area (Å²) in [5, 5.41) is 0.691. The van der Waals surface area contributed by atoms with Gasteiger partial charge in [0.2, 0.25) is 5.91 Å². The van der Waals surface area contributed by atoms with Crippen LogP contribution in [-0.2, 0) is 17.8 Å². The van der Waals surface area contributed by atoms with E-state index in [9.17, 15) is 9.59 Å². The molecule has 3 aromatic rings. The lowest BCUT2D eigenvalue weighted by atomic mass is 9.98. The molecule has 1 unspecified atom stereocenters. The number of nitrogens with zero attached hydrogens (tertiary/aromatic N) is 4. The van der Waals surface area contributed by atoms with Crippen LogP contribution in [0.4, 0.5) is 0 Å². The van der Waals surface area contributed by atoms with Gasteiger partial charge in [-0.3, -0.25) is 9.36 Å². The van der Waals surface area contributed by atoms with Crippen LogP contribution in [0.1, 0.15) is 47.4 Å². The second kappa shape index (κ2) is 9.06. The molecule has 0 saturated carbocycles. The second-order valence-electron chi connectivity index (χ2n) is 8.06. The minimum absolute atomic E-state index is 0.00370. The van der Waals surface area contributed by atoms with E-state index in [0.717, 1.165) is 29.9 Å². The van der Waals surface area contributed by atoms with Crippen LogP contribution in [0.3, 0.4) is 0 Å². The van der Waals surface area contributed by atoms with Crippen molar-refractivity contribution in [3.05, 3.63) is 80.6 Å². The van der Waals surface area contributed by atoms with Gasteiger partial charge in [-0.2, -0.15) is 4.98 Å². The molecule has 0 spiro atoms. The van der Waals surface area contributed by atoms with Gasteiger partial charge in [0, 0.05) is 35.9 Å². The molecule has 31 heavy (non-hydrogen) atoms. The topological polar surface area (TPSA) is 81.2 Å². The Kier molecular flexibility index (Phi) is 6.23. The number of carbonyl (C=O) groups is 1. The maximum absolute atomic E-state index is 12.9. The summed E-state index contributed by atoms with van der Waals surface area (Å²) in [6.07, 6.45) is 4.14. The number of carbonyl (C=O) groups excluding carboxylic acids is 1. The number of benzene rings is 1. The second-order valence-corrected chi connectivity index (χ2v) is 8.49. The van der Waals surface area contributed by atoms with Gasteiger partial charge in [0.1, 0.15) is 12.3 Å². The molecule has 0 N–H and O–H groups in total. The van der Waals surface area contributed by atoms with Crippen molar-refractivity contribution in [2.45, 2.75) is 45.6 Å². The van der Waals surface area contributed by atoms with E-state index in [1.165, 1.54) is 4.57 Å². The van der Waals surface area contributed by atoms with Crippen molar-refractivity contribution in [3.8, 4) is 0 Å². The van der Waals surface area contributed by atoms with E-state index in [0.29, 0.717) is 36.1 Å². The van der Waals surface area contributed by atoms with Gasteiger partial charge in [-0.15, -0.1) is 0 Å². The Morgan fingerprint density at radius 1 is 1.29 bits per heavy atom. The predicted octanol–water partition coefficient (Wildman–Crippen LogP) is 3.50. The molecule has 1 fully saturated rings. The highest BCUT2D eigenvalue weighted by Crippen LogP contribution is 2.27. The smallest absolute Gasteiger partial charge is 0.348 e. The highest BCUT2D eigenvalue weighted by molar-refractivity contribution is 6.30. The molecule has 2 aromatic heterocycles. The fraction of sp³-hybridized carbons (Fsp3) is 0.391. The van der Waals surface area contributed by atoms with Crippen LogP contribution >= 0.6 is 11.6 Å². The SMILES string of the molecule is Cc1cc(C)n(CC(=O)N2CCCC(c3ncc(Cc4cccc(Cl)c4)o3)C2)c(=O)n1. The number of halogens is 1. The highest BCUT2D eigenvalue weighted by atomic mass is 35.5. The molecule has 0 radical (unpaired) electrons. The van der Waals surface area contributed by atoms with Gasteiger partial charge in [-0.25, -0.2) is 9.78 Å². The van der Waals surface area contributed by atoms with Crippen LogP contribution in [0, 0.1) is 13.8 Å². The number of hydrogen-bond acceptors (Lipinski definition) is 5. The first-order valence-corrected chi connectivity index (χ1v) is 10.8. The van der Waals surface area contributed by atoms with E-state index < -0.39 is 5.69 Å². The zero-order chi connectivity index (χ0) is 22.0. The van der Waals surface area contributed by atoms with Crippen molar-refractivity contribution in [2.24, 2.45) is 0 Å². The third-order valence-electron chi connectivity index (χ3n) is 5.60. The Morgan fingerprint density at radius 3 is 2.90 bits per heavy atom. The fourth-order valence-corrected chi connectivity index (χ4v) is 4.26. The monoisotopic (exact) mass is 440 g/mol. The molecular formula is C23H25ClN4O3. The lowest BCUT2D eigenvalue weighted by Crippen LogP contribution is -2.42. The van der Waals surface area contributed by atoms with Crippen LogP contribution in [0.15, 0.2) is 45.7 Å². The summed E-state index contributed by atoms with van der Waals surface area (Å²) in [4.78, 5) is 35.3. The van der Waals surface area contributed by atoms with Crippen LogP contribution < -0.4 is 5.69 Å². The Bertz CT molecular complexity index is 1150. The van der Waals surface area contributed by atoms with Gasteiger partial charge in [0.05, 0.1) is 12.1 Å². The molecule has 1 saturated heterocycles. The summed E-state index contributed by atoms with van der Waals surface area (Å²) in [6, 6.07) is 9.47. The molecule has 0 bridgehead atoms. The van der Waals surface area contributed by atoms with Crippen LogP contribution in [-0.4, -0.2) is 38.4 Å². The largest absolute Gasteiger partial charge is 0.445 e. The average Bonchev–Trinajstić information content (AvgIpc) is 3.19. The number of rotatable bonds is 5. The molecule has 162 valence electrons. The van der Waals surface area contributed by atoms with E-state index in [1.54, 1.807) is 18.0 Å². The molecule has 7 nitrogen and oxygen atoms in total. The number of likely N-dealkylation sites (tertiary alicyclic amines) is 1. The minimum Gasteiger partial charge on any atom is -0.445 e. The van der Waals surface area contributed by atoms with Gasteiger partial charge in [-0.1, -0.05) is 23.7 Å². The Labute approximate surface area is 185 Å². The summed E-state index contributed by atoms with van der Waals surface area (Å²) >= 11 is 6.06. The van der Waals surface area contributed by atoms with E-state index in [4.69, 9.17) is 16.0 Å². The quantitative estimate of drug-likeness (QED) is 0.606. The first kappa shape index (κ1) is 21.3. The van der Waals surface area contributed by atoms with E-state index in [1.807, 2.05) is 37.3 Å². The van der Waals surface area contributed by atoms with Crippen molar-refractivity contribution in [2.75, 3.05) is 13.1 Å². The van der Waals surface area contributed by atoms with Gasteiger partial charge in [-0.05, 0) is 50.5 Å². The molecule has 3 heterocycles. The van der Waals surface area contributed by atoms with Crippen molar-refractivity contribution < 1.29 is 9.21 Å². The van der Waals surface area contributed by atoms with Gasteiger partial charge in [0.25, 0.3) is 0 Å². The minimum atomic E-state index is -0.391. The summed E-state index contributed by atoms with van der Waals surface area (Å²) in [7, 11) is 0. The number of aromatic nitrogens is 3. The Balaban J connectivity index is 1.42. The van der Waals surface area contributed by atoms with Crippen molar-refractivity contribution in [1.82, 2.24) is 19.4 Å². The van der Waals surface area contributed by atoms with Crippen LogP contribution in [0.5, 0.6) is 0 Å². The standard InChI is InChI=1S/C23H25ClN4O3/c1-15-9-16(2)28(23(30)26-15)14-21(29)27-8-4-6-18(13-27)22-25-12-20(31-22)11-17-5-3-7-19(24)10-17/h3,5,7,9-10,12,18H,4,6,8,11,13-14H2,1-2H3. The van der Waals surface area contributed by atoms with Crippen molar-refractivity contribution >= 4 is 17.5 Å². The lowest BCUT2D eigenvalue weighted by molar-refractivity contribution is -0.133. The molecule has 1 atom stereocenters. The average molecular weight is 441 g/mol. The van der Waals surface area contributed by atoms with Gasteiger partial charge < -0.3 is 9.32 Å². The summed E-state index contributed by atoms with van der Waals surface area (Å²) in [6.45, 7) is 4.78. The number of hydrogen-bond donors (Lipinski definition) is 0. The number of aryl methyl sites for hydroxylation is 2. The number of oxazole rings is 1. The molecule has 0 aliphatic carbocycles. The van der Waals surface area contributed by atoms with Crippen LogP contribution in [0.25, 0.3) is 0 Å². The zero-order valence-corrected chi connectivity index (χ0v) is 18.4. The highest BCUT2D eigenvalue weighted by Gasteiger charge is 2.28. The first-order chi connectivity index (χ1) is 14.9. The van der Waals surface area contributed by atoms with E-state index >= 15 is 0 Å². The molecule has 1 aliphatic rings. The maximum Gasteiger partial charge on any atom is 0.348 e. The van der Waals surface area contributed by atoms with E-state index in [-0.39, 0.29) is 18.4 Å². The van der Waals surface area contributed by atoms with Gasteiger partial charge >= 0.3 is 5.69 Å². The third kappa shape index (κ3) is 5.05. The Morgan fingerprint density at radius 2 is 2.13 bits per heavy atom. The Hall–Kier alpha value is -2.93. The number of amides is 1. The lowest BCUT2D eigenvalue weighted by Gasteiger charge is -2.31. The molecule has 1 aliphatic heterocycles. The number of piperidine rings is 1. The van der Waals surface area contributed by atoms with Crippen LogP contribution in [0.2, 0.25) is 5.02 Å². The molecule has 1 amide bonds. The molecule has 4 rings (SSSR count). The summed E-state index contributed by atoms with van der Waals surface area (Å²) in [5.74, 6) is 1.37. The van der Waals surface area contributed by atoms with E-state index in [2.05, 4.69) is 9.97 Å². The maximum atomic E-state index is 12.9. The van der Waals surface area contributed by atoms with Crippen molar-refractivity contribution in [3.63, 3.8) is 0 Å². The first-order valence-electron chi connectivity index (χ1n) is 10.4. The third-order valence-corrected chi connectivity index (χ3v) is 5.84. The summed E-state index contributed by atoms with van der Waals surface area (Å²) < 4.78 is 7.43. The summed E-state index contributed by atoms with van der Waals surface area (Å²) in [5.41, 5.74) is 2.06. The molecule has 8 heteroatoms. The van der Waals surface area contributed by atoms with Crippen molar-refractivity contribution in [1.29, 1.82) is 0 Å². The normalized spacial score (nSPS) is 16.5. The van der Waals surface area contributed by atoms with Gasteiger partial charge in [0.15, 0.2) is 5.89 Å². The predicted molar refractivity (Wildman–Crippen MR) is 117 cm³/mol.